The summed E-state index contributed by atoms with van der Waals surface area (Å²) in [5.74, 6) is 1.75. The lowest BCUT2D eigenvalue weighted by atomic mass is 10.1. The molecule has 1 saturated heterocycles. The maximum absolute atomic E-state index is 11.1. The van der Waals surface area contributed by atoms with Crippen molar-refractivity contribution in [2.24, 2.45) is 4.99 Å². The van der Waals surface area contributed by atoms with Crippen molar-refractivity contribution >= 4 is 17.6 Å². The molecule has 1 aromatic carbocycles. The van der Waals surface area contributed by atoms with Gasteiger partial charge in [0.2, 0.25) is 5.91 Å². The van der Waals surface area contributed by atoms with Crippen molar-refractivity contribution in [1.82, 2.24) is 15.5 Å². The van der Waals surface area contributed by atoms with E-state index in [0.29, 0.717) is 6.54 Å². The van der Waals surface area contributed by atoms with Crippen LogP contribution in [-0.2, 0) is 11.2 Å². The van der Waals surface area contributed by atoms with Crippen LogP contribution in [0.15, 0.2) is 52.1 Å². The average molecular weight is 412 g/mol. The predicted molar refractivity (Wildman–Crippen MR) is 121 cm³/mol. The summed E-state index contributed by atoms with van der Waals surface area (Å²) in [6.45, 7) is 8.03. The molecule has 1 aliphatic rings. The highest BCUT2D eigenvalue weighted by molar-refractivity contribution is 5.88. The van der Waals surface area contributed by atoms with Gasteiger partial charge in [0, 0.05) is 25.7 Å². The molecule has 1 unspecified atom stereocenters. The molecular weight excluding hydrogens is 378 g/mol. The molecule has 3 N–H and O–H groups in total. The molecule has 2 aromatic rings. The number of furan rings is 1. The van der Waals surface area contributed by atoms with Crippen molar-refractivity contribution in [2.75, 3.05) is 38.0 Å². The Morgan fingerprint density at radius 2 is 1.93 bits per heavy atom. The van der Waals surface area contributed by atoms with Crippen LogP contribution in [0.2, 0.25) is 0 Å². The second kappa shape index (κ2) is 11.4. The van der Waals surface area contributed by atoms with E-state index in [4.69, 9.17) is 9.41 Å². The van der Waals surface area contributed by atoms with Gasteiger partial charge in [0.1, 0.15) is 5.76 Å². The summed E-state index contributed by atoms with van der Waals surface area (Å²) in [7, 11) is 0. The number of nitrogens with one attached hydrogen (secondary N) is 3. The number of nitrogens with zero attached hydrogens (tertiary/aromatic N) is 2. The molecule has 1 fully saturated rings. The molecule has 3 rings (SSSR count). The normalized spacial score (nSPS) is 15.7. The van der Waals surface area contributed by atoms with Crippen LogP contribution in [0.5, 0.6) is 0 Å². The zero-order valence-electron chi connectivity index (χ0n) is 18.0. The number of guanidine groups is 1. The molecule has 7 heteroatoms. The Morgan fingerprint density at radius 1 is 1.17 bits per heavy atom. The lowest BCUT2D eigenvalue weighted by molar-refractivity contribution is -0.114. The second-order valence-electron chi connectivity index (χ2n) is 7.55. The predicted octanol–water partition coefficient (Wildman–Crippen LogP) is 3.17. The Balaban J connectivity index is 1.55. The number of rotatable bonds is 9. The van der Waals surface area contributed by atoms with E-state index in [1.54, 1.807) is 6.26 Å². The third-order valence-electron chi connectivity index (χ3n) is 5.20. The maximum Gasteiger partial charge on any atom is 0.221 e. The number of amides is 1. The zero-order valence-corrected chi connectivity index (χ0v) is 18.0. The summed E-state index contributed by atoms with van der Waals surface area (Å²) in [5, 5.41) is 9.55. The van der Waals surface area contributed by atoms with Gasteiger partial charge in [-0.05, 0) is 69.1 Å². The number of carbonyl (C=O) groups is 1. The van der Waals surface area contributed by atoms with Crippen LogP contribution in [0.25, 0.3) is 0 Å². The van der Waals surface area contributed by atoms with Crippen molar-refractivity contribution < 1.29 is 9.21 Å². The quantitative estimate of drug-likeness (QED) is 0.436. The van der Waals surface area contributed by atoms with Crippen LogP contribution in [0.1, 0.15) is 44.1 Å². The Hall–Kier alpha value is -2.80. The molecular formula is C23H33N5O2. The van der Waals surface area contributed by atoms with Gasteiger partial charge in [0.15, 0.2) is 5.96 Å². The number of benzene rings is 1. The lowest BCUT2D eigenvalue weighted by Gasteiger charge is -2.24. The van der Waals surface area contributed by atoms with Crippen molar-refractivity contribution in [2.45, 2.75) is 39.2 Å². The molecule has 162 valence electrons. The Kier molecular flexibility index (Phi) is 8.32. The largest absolute Gasteiger partial charge is 0.468 e. The minimum atomic E-state index is -0.0577. The van der Waals surface area contributed by atoms with Crippen LogP contribution in [0.4, 0.5) is 5.69 Å². The van der Waals surface area contributed by atoms with E-state index in [-0.39, 0.29) is 11.9 Å². The fraction of sp³-hybridized carbons (Fsp3) is 0.478. The number of likely N-dealkylation sites (tertiary alicyclic amines) is 1. The van der Waals surface area contributed by atoms with E-state index in [1.807, 2.05) is 36.4 Å². The second-order valence-corrected chi connectivity index (χ2v) is 7.55. The fourth-order valence-corrected chi connectivity index (χ4v) is 3.72. The number of anilines is 1. The first kappa shape index (κ1) is 21.9. The van der Waals surface area contributed by atoms with Gasteiger partial charge in [0.25, 0.3) is 0 Å². The number of aliphatic imine (C=N–C) groups is 1. The van der Waals surface area contributed by atoms with Crippen LogP contribution in [0.3, 0.4) is 0 Å². The first-order valence-corrected chi connectivity index (χ1v) is 10.8. The standard InChI is InChI=1S/C23H33N5O2/c1-3-24-23(25-13-12-19-8-10-20(11-9-19)27-18(2)29)26-17-21(22-7-6-16-30-22)28-14-4-5-15-28/h6-11,16,21H,3-5,12-15,17H2,1-2H3,(H,27,29)(H2,24,25,26). The van der Waals surface area contributed by atoms with Crippen molar-refractivity contribution in [1.29, 1.82) is 0 Å². The van der Waals surface area contributed by atoms with E-state index < -0.39 is 0 Å². The first-order valence-electron chi connectivity index (χ1n) is 10.8. The van der Waals surface area contributed by atoms with Gasteiger partial charge in [-0.1, -0.05) is 12.1 Å². The van der Waals surface area contributed by atoms with Gasteiger partial charge in [-0.15, -0.1) is 0 Å². The molecule has 0 aliphatic carbocycles. The van der Waals surface area contributed by atoms with E-state index in [2.05, 4.69) is 27.8 Å². The summed E-state index contributed by atoms with van der Waals surface area (Å²) in [6, 6.07) is 12.1. The Morgan fingerprint density at radius 3 is 2.57 bits per heavy atom. The van der Waals surface area contributed by atoms with E-state index in [1.165, 1.54) is 25.3 Å². The van der Waals surface area contributed by atoms with Crippen LogP contribution in [0, 0.1) is 0 Å². The van der Waals surface area contributed by atoms with Crippen LogP contribution < -0.4 is 16.0 Å². The number of hydrogen-bond donors (Lipinski definition) is 3. The van der Waals surface area contributed by atoms with Gasteiger partial charge in [-0.25, -0.2) is 0 Å². The smallest absolute Gasteiger partial charge is 0.221 e. The van der Waals surface area contributed by atoms with Gasteiger partial charge in [-0.2, -0.15) is 0 Å². The molecule has 0 radical (unpaired) electrons. The monoisotopic (exact) mass is 411 g/mol. The fourth-order valence-electron chi connectivity index (χ4n) is 3.72. The molecule has 0 bridgehead atoms. The molecule has 1 atom stereocenters. The van der Waals surface area contributed by atoms with Gasteiger partial charge >= 0.3 is 0 Å². The van der Waals surface area contributed by atoms with Crippen molar-refractivity contribution in [3.05, 3.63) is 54.0 Å². The van der Waals surface area contributed by atoms with Gasteiger partial charge in [0.05, 0.1) is 18.8 Å². The maximum atomic E-state index is 11.1. The van der Waals surface area contributed by atoms with Crippen LogP contribution >= 0.6 is 0 Å². The molecule has 7 nitrogen and oxygen atoms in total. The molecule has 0 spiro atoms. The molecule has 1 amide bonds. The topological polar surface area (TPSA) is 81.9 Å². The average Bonchev–Trinajstić information content (AvgIpc) is 3.44. The van der Waals surface area contributed by atoms with Gasteiger partial charge < -0.3 is 20.4 Å². The number of carbonyl (C=O) groups excluding carboxylic acids is 1. The summed E-state index contributed by atoms with van der Waals surface area (Å²) in [6.07, 6.45) is 5.08. The minimum absolute atomic E-state index is 0.0577. The van der Waals surface area contributed by atoms with Crippen LogP contribution in [-0.4, -0.2) is 49.5 Å². The minimum Gasteiger partial charge on any atom is -0.468 e. The summed E-state index contributed by atoms with van der Waals surface area (Å²) >= 11 is 0. The summed E-state index contributed by atoms with van der Waals surface area (Å²) in [4.78, 5) is 18.4. The third-order valence-corrected chi connectivity index (χ3v) is 5.20. The Labute approximate surface area is 178 Å². The molecule has 2 heterocycles. The third kappa shape index (κ3) is 6.62. The molecule has 30 heavy (non-hydrogen) atoms. The molecule has 1 aliphatic heterocycles. The summed E-state index contributed by atoms with van der Waals surface area (Å²) < 4.78 is 5.69. The molecule has 1 aromatic heterocycles. The summed E-state index contributed by atoms with van der Waals surface area (Å²) in [5.41, 5.74) is 2.03. The highest BCUT2D eigenvalue weighted by Gasteiger charge is 2.25. The first-order chi connectivity index (χ1) is 14.7. The zero-order chi connectivity index (χ0) is 21.2. The number of hydrogen-bond acceptors (Lipinski definition) is 4. The Bertz CT molecular complexity index is 796. The highest BCUT2D eigenvalue weighted by atomic mass is 16.3. The van der Waals surface area contributed by atoms with E-state index in [0.717, 1.165) is 50.0 Å². The SMILES string of the molecule is CCNC(=NCC(c1ccco1)N1CCCC1)NCCc1ccc(NC(C)=O)cc1. The van der Waals surface area contributed by atoms with E-state index >= 15 is 0 Å². The van der Waals surface area contributed by atoms with Gasteiger partial charge in [-0.3, -0.25) is 14.7 Å². The van der Waals surface area contributed by atoms with E-state index in [9.17, 15) is 4.79 Å². The lowest BCUT2D eigenvalue weighted by Crippen LogP contribution is -2.39. The van der Waals surface area contributed by atoms with Crippen molar-refractivity contribution in [3.8, 4) is 0 Å². The molecule has 0 saturated carbocycles. The van der Waals surface area contributed by atoms with Crippen molar-refractivity contribution in [3.63, 3.8) is 0 Å². The highest BCUT2D eigenvalue weighted by Crippen LogP contribution is 2.25.